The molecule has 0 saturated heterocycles. The Kier molecular flexibility index (Phi) is 5.54. The van der Waals surface area contributed by atoms with E-state index in [1.165, 1.54) is 28.0 Å². The topological polar surface area (TPSA) is 33.5 Å². The summed E-state index contributed by atoms with van der Waals surface area (Å²) in [6, 6.07) is 17.2. The van der Waals surface area contributed by atoms with E-state index in [1.54, 1.807) is 0 Å². The second-order valence-electron chi connectivity index (χ2n) is 7.46. The molecule has 2 N–H and O–H groups in total. The average Bonchev–Trinajstić information content (AvgIpc) is 2.61. The molecular weight excluding hydrogens is 308 g/mol. The molecule has 3 heteroatoms. The summed E-state index contributed by atoms with van der Waals surface area (Å²) in [6.07, 6.45) is 3.52. The monoisotopic (exact) mass is 337 g/mol. The fraction of sp³-hybridized carbons (Fsp3) is 0.409. The number of anilines is 1. The van der Waals surface area contributed by atoms with Gasteiger partial charge in [0.05, 0.1) is 7.05 Å². The van der Waals surface area contributed by atoms with Gasteiger partial charge >= 0.3 is 0 Å². The summed E-state index contributed by atoms with van der Waals surface area (Å²) in [5.74, 6) is 0.487. The number of amides is 1. The fourth-order valence-electron chi connectivity index (χ4n) is 3.95. The van der Waals surface area contributed by atoms with Gasteiger partial charge in [-0.05, 0) is 36.0 Å². The van der Waals surface area contributed by atoms with Crippen LogP contribution in [0.5, 0.6) is 0 Å². The van der Waals surface area contributed by atoms with Gasteiger partial charge in [-0.1, -0.05) is 56.3 Å². The molecule has 0 radical (unpaired) electrons. The number of nitrogens with one attached hydrogen (secondary N) is 2. The predicted octanol–water partition coefficient (Wildman–Crippen LogP) is 3.34. The third kappa shape index (κ3) is 4.10. The zero-order valence-corrected chi connectivity index (χ0v) is 15.5. The van der Waals surface area contributed by atoms with Crippen LogP contribution in [0.15, 0.2) is 48.5 Å². The van der Waals surface area contributed by atoms with Gasteiger partial charge in [0, 0.05) is 17.7 Å². The number of carbonyl (C=O) groups excluding carboxylic acids is 1. The summed E-state index contributed by atoms with van der Waals surface area (Å²) >= 11 is 0. The number of benzene rings is 2. The highest BCUT2D eigenvalue weighted by Gasteiger charge is 2.28. The number of quaternary nitrogens is 1. The van der Waals surface area contributed by atoms with Crippen molar-refractivity contribution in [2.24, 2.45) is 0 Å². The van der Waals surface area contributed by atoms with Crippen molar-refractivity contribution in [2.75, 3.05) is 18.9 Å². The second-order valence-corrected chi connectivity index (χ2v) is 7.46. The molecule has 1 unspecified atom stereocenters. The molecule has 1 amide bonds. The molecule has 0 saturated carbocycles. The minimum atomic E-state index is 0.0913. The van der Waals surface area contributed by atoms with Gasteiger partial charge in [0.15, 0.2) is 6.54 Å². The van der Waals surface area contributed by atoms with Crippen molar-refractivity contribution in [1.29, 1.82) is 0 Å². The molecule has 0 aromatic heterocycles. The quantitative estimate of drug-likeness (QED) is 0.862. The first kappa shape index (κ1) is 17.7. The third-order valence-electron chi connectivity index (χ3n) is 5.26. The number of para-hydroxylation sites is 1. The minimum absolute atomic E-state index is 0.0913. The maximum atomic E-state index is 12.6. The number of fused-ring (bicyclic) bond motifs is 1. The second kappa shape index (κ2) is 7.83. The van der Waals surface area contributed by atoms with E-state index in [-0.39, 0.29) is 5.91 Å². The van der Waals surface area contributed by atoms with E-state index < -0.39 is 0 Å². The molecule has 0 fully saturated rings. The van der Waals surface area contributed by atoms with Crippen molar-refractivity contribution in [3.8, 4) is 0 Å². The molecule has 0 spiro atoms. The highest BCUT2D eigenvalue weighted by Crippen LogP contribution is 2.27. The molecule has 2 aromatic carbocycles. The zero-order valence-electron chi connectivity index (χ0n) is 15.5. The smallest absolute Gasteiger partial charge is 0.279 e. The lowest BCUT2D eigenvalue weighted by Gasteiger charge is -2.30. The lowest BCUT2D eigenvalue weighted by Crippen LogP contribution is -3.10. The molecule has 3 nitrogen and oxygen atoms in total. The van der Waals surface area contributed by atoms with Crippen molar-refractivity contribution in [1.82, 2.24) is 0 Å². The molecule has 2 atom stereocenters. The van der Waals surface area contributed by atoms with E-state index >= 15 is 0 Å². The molecule has 132 valence electrons. The van der Waals surface area contributed by atoms with Gasteiger partial charge < -0.3 is 10.2 Å². The summed E-state index contributed by atoms with van der Waals surface area (Å²) in [5.41, 5.74) is 5.00. The summed E-state index contributed by atoms with van der Waals surface area (Å²) < 4.78 is 0. The van der Waals surface area contributed by atoms with E-state index in [1.807, 2.05) is 18.2 Å². The standard InChI is InChI=1S/C22H28N2O/c1-16(2)18-11-6-7-13-20(18)23-22(25)15-24(3)21-14-8-10-17-9-4-5-12-19(17)21/h4-7,9,11-13,16,21H,8,10,14-15H2,1-3H3,(H,23,25)/p+1/t21-/m0/s1. The number of carbonyl (C=O) groups is 1. The average molecular weight is 337 g/mol. The van der Waals surface area contributed by atoms with Crippen LogP contribution >= 0.6 is 0 Å². The Balaban J connectivity index is 1.68. The van der Waals surface area contributed by atoms with Crippen LogP contribution in [0.4, 0.5) is 5.69 Å². The van der Waals surface area contributed by atoms with Gasteiger partial charge in [-0.25, -0.2) is 0 Å². The maximum Gasteiger partial charge on any atom is 0.279 e. The van der Waals surface area contributed by atoms with Gasteiger partial charge in [-0.3, -0.25) is 4.79 Å². The highest BCUT2D eigenvalue weighted by atomic mass is 16.2. The third-order valence-corrected chi connectivity index (χ3v) is 5.26. The molecular formula is C22H29N2O+. The molecule has 3 rings (SSSR count). The Morgan fingerprint density at radius 2 is 1.88 bits per heavy atom. The van der Waals surface area contributed by atoms with Crippen molar-refractivity contribution < 1.29 is 9.69 Å². The van der Waals surface area contributed by atoms with Crippen LogP contribution in [-0.4, -0.2) is 19.5 Å². The molecule has 25 heavy (non-hydrogen) atoms. The molecule has 0 bridgehead atoms. The Morgan fingerprint density at radius 3 is 2.68 bits per heavy atom. The molecule has 1 aliphatic carbocycles. The normalized spacial score (nSPS) is 17.8. The Morgan fingerprint density at radius 1 is 1.16 bits per heavy atom. The van der Waals surface area contributed by atoms with E-state index in [0.29, 0.717) is 18.5 Å². The van der Waals surface area contributed by atoms with E-state index in [0.717, 1.165) is 18.5 Å². The van der Waals surface area contributed by atoms with Crippen LogP contribution in [-0.2, 0) is 11.2 Å². The lowest BCUT2D eigenvalue weighted by molar-refractivity contribution is -0.905. The fourth-order valence-corrected chi connectivity index (χ4v) is 3.95. The number of hydrogen-bond acceptors (Lipinski definition) is 1. The van der Waals surface area contributed by atoms with Gasteiger partial charge in [0.1, 0.15) is 6.04 Å². The summed E-state index contributed by atoms with van der Waals surface area (Å²) in [6.45, 7) is 4.80. The molecule has 1 aliphatic rings. The van der Waals surface area contributed by atoms with Crippen molar-refractivity contribution in [3.63, 3.8) is 0 Å². The van der Waals surface area contributed by atoms with Crippen LogP contribution < -0.4 is 10.2 Å². The van der Waals surface area contributed by atoms with Crippen LogP contribution in [0.1, 0.15) is 55.3 Å². The largest absolute Gasteiger partial charge is 0.323 e. The molecule has 0 aliphatic heterocycles. The van der Waals surface area contributed by atoms with Crippen LogP contribution in [0.2, 0.25) is 0 Å². The number of aryl methyl sites for hydroxylation is 1. The minimum Gasteiger partial charge on any atom is -0.323 e. The Hall–Kier alpha value is -2.13. The van der Waals surface area contributed by atoms with E-state index in [4.69, 9.17) is 0 Å². The van der Waals surface area contributed by atoms with E-state index in [2.05, 4.69) is 56.5 Å². The zero-order chi connectivity index (χ0) is 17.8. The van der Waals surface area contributed by atoms with Gasteiger partial charge in [0.25, 0.3) is 5.91 Å². The van der Waals surface area contributed by atoms with Crippen LogP contribution in [0.25, 0.3) is 0 Å². The van der Waals surface area contributed by atoms with Crippen molar-refractivity contribution in [3.05, 3.63) is 65.2 Å². The summed E-state index contributed by atoms with van der Waals surface area (Å²) in [5, 5.41) is 3.13. The van der Waals surface area contributed by atoms with Crippen LogP contribution in [0, 0.1) is 0 Å². The van der Waals surface area contributed by atoms with Gasteiger partial charge in [-0.2, -0.15) is 0 Å². The summed E-state index contributed by atoms with van der Waals surface area (Å²) in [4.78, 5) is 13.9. The predicted molar refractivity (Wildman–Crippen MR) is 103 cm³/mol. The first-order valence-electron chi connectivity index (χ1n) is 9.35. The van der Waals surface area contributed by atoms with Crippen LogP contribution in [0.3, 0.4) is 0 Å². The molecule has 2 aromatic rings. The van der Waals surface area contributed by atoms with E-state index in [9.17, 15) is 4.79 Å². The Bertz CT molecular complexity index is 738. The number of rotatable bonds is 5. The van der Waals surface area contributed by atoms with Gasteiger partial charge in [0.2, 0.25) is 0 Å². The number of hydrogen-bond donors (Lipinski definition) is 2. The molecule has 0 heterocycles. The highest BCUT2D eigenvalue weighted by molar-refractivity contribution is 5.92. The van der Waals surface area contributed by atoms with Crippen molar-refractivity contribution >= 4 is 11.6 Å². The first-order chi connectivity index (χ1) is 12.1. The number of likely N-dealkylation sites (N-methyl/N-ethyl adjacent to an activating group) is 1. The van der Waals surface area contributed by atoms with Crippen molar-refractivity contribution in [2.45, 2.75) is 45.1 Å². The van der Waals surface area contributed by atoms with Gasteiger partial charge in [-0.15, -0.1) is 0 Å². The maximum absolute atomic E-state index is 12.6. The summed E-state index contributed by atoms with van der Waals surface area (Å²) in [7, 11) is 2.14. The first-order valence-corrected chi connectivity index (χ1v) is 9.35. The SMILES string of the molecule is CC(C)c1ccccc1NC(=O)C[NH+](C)[C@H]1CCCc2ccccc21. The Labute approximate surface area is 151 Å². The lowest BCUT2D eigenvalue weighted by atomic mass is 9.87.